The van der Waals surface area contributed by atoms with E-state index in [-0.39, 0.29) is 5.95 Å². The van der Waals surface area contributed by atoms with Gasteiger partial charge in [0, 0.05) is 41.5 Å². The fourth-order valence-electron chi connectivity index (χ4n) is 1.92. The third kappa shape index (κ3) is 3.12. The van der Waals surface area contributed by atoms with Gasteiger partial charge in [-0.2, -0.15) is 0 Å². The van der Waals surface area contributed by atoms with Gasteiger partial charge in [0.05, 0.1) is 0 Å². The Balaban J connectivity index is 2.02. The smallest absolute Gasteiger partial charge is 0.219 e. The summed E-state index contributed by atoms with van der Waals surface area (Å²) in [7, 11) is 1.72. The van der Waals surface area contributed by atoms with Crippen molar-refractivity contribution in [3.63, 3.8) is 0 Å². The third-order valence-corrected chi connectivity index (χ3v) is 4.86. The minimum Gasteiger partial charge on any atom is -0.368 e. The Kier molecular flexibility index (Phi) is 4.53. The number of thiophene rings is 1. The van der Waals surface area contributed by atoms with Gasteiger partial charge in [0.15, 0.2) is 0 Å². The lowest BCUT2D eigenvalue weighted by molar-refractivity contribution is 0.665. The molecule has 3 aromatic heterocycles. The summed E-state index contributed by atoms with van der Waals surface area (Å²) < 4.78 is 1.51. The van der Waals surface area contributed by atoms with Crippen LogP contribution in [0.15, 0.2) is 35.7 Å². The van der Waals surface area contributed by atoms with Gasteiger partial charge in [0.1, 0.15) is 10.0 Å². The number of nitrogens with zero attached hydrogens (tertiary/aromatic N) is 6. The molecule has 0 saturated carbocycles. The highest BCUT2D eigenvalue weighted by atomic mass is 32.2. The van der Waals surface area contributed by atoms with Crippen LogP contribution in [0, 0.1) is 5.41 Å². The third-order valence-electron chi connectivity index (χ3n) is 3.01. The number of aromatic nitrogens is 6. The van der Waals surface area contributed by atoms with Crippen LogP contribution >= 0.6 is 23.1 Å². The van der Waals surface area contributed by atoms with Crippen molar-refractivity contribution in [3.05, 3.63) is 36.1 Å². The zero-order valence-corrected chi connectivity index (χ0v) is 14.2. The van der Waals surface area contributed by atoms with Crippen LogP contribution in [0.3, 0.4) is 0 Å². The van der Waals surface area contributed by atoms with E-state index in [9.17, 15) is 0 Å². The number of hydrogen-bond acceptors (Lipinski definition) is 10. The molecule has 122 valence electrons. The summed E-state index contributed by atoms with van der Waals surface area (Å²) >= 11 is 2.63. The van der Waals surface area contributed by atoms with Gasteiger partial charge in [-0.05, 0) is 28.4 Å². The van der Waals surface area contributed by atoms with Crippen LogP contribution in [0.1, 0.15) is 5.56 Å². The summed E-state index contributed by atoms with van der Waals surface area (Å²) in [6.07, 6.45) is 4.83. The van der Waals surface area contributed by atoms with E-state index >= 15 is 0 Å². The van der Waals surface area contributed by atoms with E-state index in [2.05, 4.69) is 37.4 Å². The Morgan fingerprint density at radius 2 is 2.21 bits per heavy atom. The minimum atomic E-state index is 0.203. The van der Waals surface area contributed by atoms with E-state index in [0.717, 1.165) is 27.9 Å². The molecule has 0 radical (unpaired) electrons. The van der Waals surface area contributed by atoms with Gasteiger partial charge in [0.25, 0.3) is 0 Å². The number of hydrogen-bond donors (Lipinski definition) is 3. The average Bonchev–Trinajstić information content (AvgIpc) is 3.15. The lowest BCUT2D eigenvalue weighted by Crippen LogP contribution is -2.02. The van der Waals surface area contributed by atoms with Gasteiger partial charge in [-0.1, -0.05) is 6.58 Å². The molecule has 0 bridgehead atoms. The maximum atomic E-state index is 8.49. The lowest BCUT2D eigenvalue weighted by atomic mass is 10.1. The fourth-order valence-corrected chi connectivity index (χ4v) is 3.70. The highest BCUT2D eigenvalue weighted by Crippen LogP contribution is 2.38. The summed E-state index contributed by atoms with van der Waals surface area (Å²) in [4.78, 5) is 8.04. The second-order valence-corrected chi connectivity index (χ2v) is 6.41. The van der Waals surface area contributed by atoms with Crippen molar-refractivity contribution in [3.8, 4) is 11.1 Å². The number of aryl methyl sites for hydroxylation is 1. The van der Waals surface area contributed by atoms with Crippen molar-refractivity contribution < 1.29 is 0 Å². The summed E-state index contributed by atoms with van der Waals surface area (Å²) in [5, 5.41) is 26.4. The maximum absolute atomic E-state index is 8.49. The molecular weight excluding hydrogens is 346 g/mol. The molecule has 0 unspecified atom stereocenters. The molecule has 0 atom stereocenters. The molecule has 0 aliphatic rings. The molecule has 0 spiro atoms. The number of tetrazole rings is 1. The van der Waals surface area contributed by atoms with E-state index < -0.39 is 0 Å². The molecule has 0 aromatic carbocycles. The monoisotopic (exact) mass is 359 g/mol. The number of nitrogens with two attached hydrogens (primary N) is 1. The fraction of sp³-hybridized carbons (Fsp3) is 0.0769. The predicted molar refractivity (Wildman–Crippen MR) is 95.1 cm³/mol. The number of rotatable bonds is 5. The molecule has 4 N–H and O–H groups in total. The van der Waals surface area contributed by atoms with Gasteiger partial charge < -0.3 is 11.1 Å². The van der Waals surface area contributed by atoms with Crippen molar-refractivity contribution >= 4 is 39.1 Å². The first-order chi connectivity index (χ1) is 11.6. The molecule has 9 nitrogen and oxygen atoms in total. The second kappa shape index (κ2) is 6.76. The molecule has 0 amide bonds. The second-order valence-electron chi connectivity index (χ2n) is 4.55. The molecule has 3 heterocycles. The summed E-state index contributed by atoms with van der Waals surface area (Å²) in [5.41, 5.74) is 7.86. The molecule has 24 heavy (non-hydrogen) atoms. The first kappa shape index (κ1) is 16.1. The Morgan fingerprint density at radius 3 is 2.83 bits per heavy atom. The summed E-state index contributed by atoms with van der Waals surface area (Å²) in [6.45, 7) is 3.68. The Bertz CT molecular complexity index is 881. The first-order valence-corrected chi connectivity index (χ1v) is 8.35. The van der Waals surface area contributed by atoms with Crippen molar-refractivity contribution in [1.82, 2.24) is 30.2 Å². The quantitative estimate of drug-likeness (QED) is 0.358. The Hall–Kier alpha value is -2.79. The van der Waals surface area contributed by atoms with Crippen LogP contribution in [0.4, 0.5) is 10.9 Å². The largest absolute Gasteiger partial charge is 0.368 e. The van der Waals surface area contributed by atoms with Crippen LogP contribution in [-0.2, 0) is 7.05 Å². The molecule has 0 fully saturated rings. The minimum absolute atomic E-state index is 0.203. The van der Waals surface area contributed by atoms with E-state index in [1.54, 1.807) is 25.6 Å². The summed E-state index contributed by atoms with van der Waals surface area (Å²) in [5.74, 6) is 0.203. The van der Waals surface area contributed by atoms with Crippen LogP contribution < -0.4 is 11.1 Å². The van der Waals surface area contributed by atoms with Gasteiger partial charge in [-0.25, -0.2) is 14.6 Å². The topological polar surface area (TPSA) is 131 Å². The Labute approximate surface area is 145 Å². The molecule has 0 aliphatic heterocycles. The summed E-state index contributed by atoms with van der Waals surface area (Å²) in [6, 6.07) is 0. The zero-order valence-electron chi connectivity index (χ0n) is 12.6. The lowest BCUT2D eigenvalue weighted by Gasteiger charge is -2.08. The number of nitrogen functional groups attached to an aromatic ring is 1. The van der Waals surface area contributed by atoms with Gasteiger partial charge in [-0.3, -0.25) is 5.41 Å². The van der Waals surface area contributed by atoms with E-state index in [1.807, 2.05) is 5.38 Å². The molecule has 11 heteroatoms. The van der Waals surface area contributed by atoms with E-state index in [0.29, 0.717) is 15.8 Å². The maximum Gasteiger partial charge on any atom is 0.219 e. The van der Waals surface area contributed by atoms with Crippen LogP contribution in [0.5, 0.6) is 0 Å². The number of anilines is 2. The average molecular weight is 359 g/mol. The number of nitrogens with one attached hydrogen (secondary N) is 2. The molecule has 3 aromatic rings. The van der Waals surface area contributed by atoms with Gasteiger partial charge >= 0.3 is 0 Å². The first-order valence-electron chi connectivity index (χ1n) is 6.66. The van der Waals surface area contributed by atoms with Crippen molar-refractivity contribution in [2.75, 3.05) is 11.1 Å². The molecule has 0 aliphatic carbocycles. The normalized spacial score (nSPS) is 10.5. The van der Waals surface area contributed by atoms with Crippen LogP contribution in [0.2, 0.25) is 0 Å². The van der Waals surface area contributed by atoms with Crippen molar-refractivity contribution in [2.45, 2.75) is 5.16 Å². The van der Waals surface area contributed by atoms with Gasteiger partial charge in [0.2, 0.25) is 11.1 Å². The van der Waals surface area contributed by atoms with Crippen LogP contribution in [-0.4, -0.2) is 35.2 Å². The highest BCUT2D eigenvalue weighted by molar-refractivity contribution is 8.14. The zero-order chi connectivity index (χ0) is 17.1. The predicted octanol–water partition coefficient (Wildman–Crippen LogP) is 1.98. The number of thioether (sulfide) groups is 1. The Morgan fingerprint density at radius 1 is 1.46 bits per heavy atom. The molecular formula is C13H13N9S2. The highest BCUT2D eigenvalue weighted by Gasteiger charge is 2.20. The molecule has 3 rings (SSSR count). The van der Waals surface area contributed by atoms with Crippen molar-refractivity contribution in [2.24, 2.45) is 7.05 Å². The molecule has 0 saturated heterocycles. The standard InChI is InChI=1S/C13H13N9S2/c1-3-16-11-9(10(14)24-13-19-20-21-22(13)2)8(6-23-11)7-4-17-12(15)18-5-7/h3-6,14,16H,1H2,2H3,(H2,15,17,18). The van der Waals surface area contributed by atoms with Gasteiger partial charge in [-0.15, -0.1) is 16.4 Å². The van der Waals surface area contributed by atoms with Crippen molar-refractivity contribution in [1.29, 1.82) is 5.41 Å². The SMILES string of the molecule is C=CNc1scc(-c2cnc(N)nc2)c1C(=N)Sc1nnnn1C. The van der Waals surface area contributed by atoms with E-state index in [4.69, 9.17) is 11.1 Å². The van der Waals surface area contributed by atoms with Crippen LogP contribution in [0.25, 0.3) is 11.1 Å². The van der Waals surface area contributed by atoms with E-state index in [1.165, 1.54) is 16.0 Å².